The van der Waals surface area contributed by atoms with Gasteiger partial charge >= 0.3 is 29.6 Å². The molecular formula is C4H9NaO4S. The molecule has 1 N–H and O–H groups in total. The second-order valence-electron chi connectivity index (χ2n) is 1.79. The van der Waals surface area contributed by atoms with E-state index in [0.29, 0.717) is 6.42 Å². The third-order valence-electron chi connectivity index (χ3n) is 0.868. The maximum absolute atomic E-state index is 9.88. The largest absolute Gasteiger partial charge is 1.00 e. The molecule has 0 aliphatic rings. The monoisotopic (exact) mass is 176 g/mol. The van der Waals surface area contributed by atoms with Gasteiger partial charge in [-0.15, -0.1) is 0 Å². The van der Waals surface area contributed by atoms with E-state index in [1.165, 1.54) is 0 Å². The van der Waals surface area contributed by atoms with Gasteiger partial charge in [-0.05, 0) is 6.42 Å². The molecule has 4 nitrogen and oxygen atoms in total. The van der Waals surface area contributed by atoms with Crippen molar-refractivity contribution >= 4 is 10.1 Å². The molecular weight excluding hydrogens is 167 g/mol. The molecule has 0 amide bonds. The Bertz CT molecular complexity index is 164. The van der Waals surface area contributed by atoms with E-state index in [2.05, 4.69) is 0 Å². The molecule has 1 atom stereocenters. The SMILES string of the molecule is CCC(O)CS(=O)(=O)[O-].[Na+]. The van der Waals surface area contributed by atoms with Crippen LogP contribution in [0.4, 0.5) is 0 Å². The van der Waals surface area contributed by atoms with Gasteiger partial charge < -0.3 is 9.66 Å². The van der Waals surface area contributed by atoms with Crippen LogP contribution in [-0.4, -0.2) is 29.9 Å². The number of aliphatic hydroxyl groups is 1. The molecule has 0 spiro atoms. The van der Waals surface area contributed by atoms with Gasteiger partial charge in [0.25, 0.3) is 0 Å². The molecule has 0 aromatic carbocycles. The molecule has 6 heteroatoms. The minimum absolute atomic E-state index is 0. The summed E-state index contributed by atoms with van der Waals surface area (Å²) in [5.74, 6) is -0.677. The molecule has 10 heavy (non-hydrogen) atoms. The molecule has 1 unspecified atom stereocenters. The minimum atomic E-state index is -4.24. The van der Waals surface area contributed by atoms with Crippen molar-refractivity contribution in [3.05, 3.63) is 0 Å². The Morgan fingerprint density at radius 2 is 2.00 bits per heavy atom. The molecule has 0 rings (SSSR count). The maximum atomic E-state index is 9.88. The second kappa shape index (κ2) is 5.51. The Morgan fingerprint density at radius 3 is 2.10 bits per heavy atom. The van der Waals surface area contributed by atoms with Gasteiger partial charge in [-0.1, -0.05) is 6.92 Å². The van der Waals surface area contributed by atoms with Crippen molar-refractivity contribution in [1.82, 2.24) is 0 Å². The summed E-state index contributed by atoms with van der Waals surface area (Å²) in [6.07, 6.45) is -0.714. The van der Waals surface area contributed by atoms with E-state index in [4.69, 9.17) is 5.11 Å². The third-order valence-corrected chi connectivity index (χ3v) is 1.66. The summed E-state index contributed by atoms with van der Waals surface area (Å²) in [6.45, 7) is 1.61. The smallest absolute Gasteiger partial charge is 0.748 e. The Balaban J connectivity index is 0. The summed E-state index contributed by atoms with van der Waals surface area (Å²) >= 11 is 0. The van der Waals surface area contributed by atoms with E-state index >= 15 is 0 Å². The predicted octanol–water partition coefficient (Wildman–Crippen LogP) is -3.69. The van der Waals surface area contributed by atoms with Crippen LogP contribution in [0.15, 0.2) is 0 Å². The number of hydrogen-bond acceptors (Lipinski definition) is 4. The van der Waals surface area contributed by atoms with E-state index in [0.717, 1.165) is 0 Å². The van der Waals surface area contributed by atoms with E-state index in [-0.39, 0.29) is 29.6 Å². The fourth-order valence-electron chi connectivity index (χ4n) is 0.353. The van der Waals surface area contributed by atoms with Crippen LogP contribution in [0.25, 0.3) is 0 Å². The molecule has 56 valence electrons. The molecule has 0 fully saturated rings. The van der Waals surface area contributed by atoms with Gasteiger partial charge in [-0.3, -0.25) is 0 Å². The van der Waals surface area contributed by atoms with E-state index < -0.39 is 22.0 Å². The van der Waals surface area contributed by atoms with Crippen LogP contribution in [0.1, 0.15) is 13.3 Å². The Labute approximate surface area is 82.7 Å². The van der Waals surface area contributed by atoms with Crippen LogP contribution in [0, 0.1) is 0 Å². The maximum Gasteiger partial charge on any atom is 1.00 e. The molecule has 0 aliphatic carbocycles. The van der Waals surface area contributed by atoms with Crippen molar-refractivity contribution in [1.29, 1.82) is 0 Å². The van der Waals surface area contributed by atoms with Gasteiger partial charge in [0.2, 0.25) is 0 Å². The molecule has 0 heterocycles. The van der Waals surface area contributed by atoms with Gasteiger partial charge in [0.05, 0.1) is 22.0 Å². The Kier molecular flexibility index (Phi) is 7.42. The zero-order valence-corrected chi connectivity index (χ0v) is 8.89. The van der Waals surface area contributed by atoms with Crippen molar-refractivity contribution in [3.8, 4) is 0 Å². The van der Waals surface area contributed by atoms with Crippen molar-refractivity contribution in [2.75, 3.05) is 5.75 Å². The fourth-order valence-corrected chi connectivity index (χ4v) is 1.06. The van der Waals surface area contributed by atoms with Gasteiger partial charge in [0.15, 0.2) is 0 Å². The van der Waals surface area contributed by atoms with Crippen LogP contribution >= 0.6 is 0 Å². The summed E-state index contributed by atoms with van der Waals surface area (Å²) in [5.41, 5.74) is 0. The summed E-state index contributed by atoms with van der Waals surface area (Å²) in [5, 5.41) is 8.61. The fraction of sp³-hybridized carbons (Fsp3) is 1.00. The molecule has 0 aliphatic heterocycles. The zero-order chi connectivity index (χ0) is 7.49. The first-order valence-electron chi connectivity index (χ1n) is 2.57. The quantitative estimate of drug-likeness (QED) is 0.355. The van der Waals surface area contributed by atoms with E-state index in [9.17, 15) is 13.0 Å². The number of rotatable bonds is 3. The molecule has 0 bridgehead atoms. The molecule has 0 radical (unpaired) electrons. The minimum Gasteiger partial charge on any atom is -0.748 e. The predicted molar refractivity (Wildman–Crippen MR) is 30.9 cm³/mol. The van der Waals surface area contributed by atoms with E-state index in [1.54, 1.807) is 6.92 Å². The van der Waals surface area contributed by atoms with Crippen molar-refractivity contribution < 1.29 is 47.6 Å². The summed E-state index contributed by atoms with van der Waals surface area (Å²) in [7, 11) is -4.24. The first-order valence-corrected chi connectivity index (χ1v) is 4.15. The van der Waals surface area contributed by atoms with Crippen LogP contribution in [-0.2, 0) is 10.1 Å². The van der Waals surface area contributed by atoms with Crippen molar-refractivity contribution in [2.45, 2.75) is 19.4 Å². The summed E-state index contributed by atoms with van der Waals surface area (Å²) < 4.78 is 29.7. The first kappa shape index (κ1) is 13.5. The van der Waals surface area contributed by atoms with Crippen LogP contribution < -0.4 is 29.6 Å². The molecule has 0 saturated carbocycles. The average Bonchev–Trinajstić information content (AvgIpc) is 1.62. The standard InChI is InChI=1S/C4H10O4S.Na/c1-2-4(5)3-9(6,7)8;/h4-5H,2-3H2,1H3,(H,6,7,8);/q;+1/p-1. The van der Waals surface area contributed by atoms with E-state index in [1.807, 2.05) is 0 Å². The van der Waals surface area contributed by atoms with Gasteiger partial charge in [-0.25, -0.2) is 8.42 Å². The normalized spacial score (nSPS) is 13.9. The summed E-state index contributed by atoms with van der Waals surface area (Å²) in [6, 6.07) is 0. The molecule has 0 aromatic rings. The third kappa shape index (κ3) is 8.87. The molecule has 0 aromatic heterocycles. The number of aliphatic hydroxyl groups excluding tert-OH is 1. The van der Waals surface area contributed by atoms with Gasteiger partial charge in [0, 0.05) is 0 Å². The van der Waals surface area contributed by atoms with Crippen LogP contribution in [0.5, 0.6) is 0 Å². The van der Waals surface area contributed by atoms with Crippen LogP contribution in [0.2, 0.25) is 0 Å². The zero-order valence-electron chi connectivity index (χ0n) is 6.07. The Hall–Kier alpha value is 0.870. The first-order chi connectivity index (χ1) is 3.95. The van der Waals surface area contributed by atoms with Gasteiger partial charge in [0.1, 0.15) is 0 Å². The van der Waals surface area contributed by atoms with Crippen molar-refractivity contribution in [3.63, 3.8) is 0 Å². The topological polar surface area (TPSA) is 77.4 Å². The van der Waals surface area contributed by atoms with Gasteiger partial charge in [-0.2, -0.15) is 0 Å². The van der Waals surface area contributed by atoms with Crippen molar-refractivity contribution in [2.24, 2.45) is 0 Å². The summed E-state index contributed by atoms with van der Waals surface area (Å²) in [4.78, 5) is 0. The second-order valence-corrected chi connectivity index (χ2v) is 3.24. The average molecular weight is 176 g/mol. The Morgan fingerprint density at radius 1 is 1.60 bits per heavy atom. The molecule has 0 saturated heterocycles. The number of hydrogen-bond donors (Lipinski definition) is 1. The van der Waals surface area contributed by atoms with Crippen LogP contribution in [0.3, 0.4) is 0 Å².